The van der Waals surface area contributed by atoms with Gasteiger partial charge in [0.15, 0.2) is 0 Å². The van der Waals surface area contributed by atoms with Crippen LogP contribution >= 0.6 is 0 Å². The zero-order valence-electron chi connectivity index (χ0n) is 13.2. The fourth-order valence-corrected chi connectivity index (χ4v) is 2.00. The van der Waals surface area contributed by atoms with Crippen molar-refractivity contribution in [2.24, 2.45) is 0 Å². The highest BCUT2D eigenvalue weighted by molar-refractivity contribution is 5.95. The molecule has 0 aliphatic rings. The van der Waals surface area contributed by atoms with Gasteiger partial charge in [-0.1, -0.05) is 12.1 Å². The number of hydrogen-bond donors (Lipinski definition) is 2. The van der Waals surface area contributed by atoms with Gasteiger partial charge in [-0.2, -0.15) is 0 Å². The Kier molecular flexibility index (Phi) is 5.63. The molecule has 0 heterocycles. The number of alkyl halides is 3. The summed E-state index contributed by atoms with van der Waals surface area (Å²) < 4.78 is 40.0. The van der Waals surface area contributed by atoms with Crippen LogP contribution in [-0.2, 0) is 11.3 Å². The van der Waals surface area contributed by atoms with Crippen molar-refractivity contribution in [3.63, 3.8) is 0 Å². The molecule has 0 aromatic heterocycles. The van der Waals surface area contributed by atoms with Gasteiger partial charge in [0.1, 0.15) is 5.75 Å². The number of nitrogens with one attached hydrogen (secondary N) is 2. The molecular formula is C17H15F3N2O3. The van der Waals surface area contributed by atoms with Gasteiger partial charge < -0.3 is 15.4 Å². The first kappa shape index (κ1) is 18.3. The molecule has 0 aliphatic carbocycles. The van der Waals surface area contributed by atoms with Gasteiger partial charge in [-0.3, -0.25) is 9.59 Å². The molecule has 8 heteroatoms. The van der Waals surface area contributed by atoms with Crippen molar-refractivity contribution in [2.75, 3.05) is 5.32 Å². The van der Waals surface area contributed by atoms with E-state index in [1.807, 2.05) is 0 Å². The monoisotopic (exact) mass is 352 g/mol. The summed E-state index contributed by atoms with van der Waals surface area (Å²) >= 11 is 0. The summed E-state index contributed by atoms with van der Waals surface area (Å²) in [5.74, 6) is -0.878. The predicted octanol–water partition coefficient (Wildman–Crippen LogP) is 3.47. The minimum Gasteiger partial charge on any atom is -0.406 e. The largest absolute Gasteiger partial charge is 0.573 e. The van der Waals surface area contributed by atoms with Gasteiger partial charge in [0, 0.05) is 24.7 Å². The third kappa shape index (κ3) is 6.17. The first-order chi connectivity index (χ1) is 11.7. The molecule has 0 aliphatic heterocycles. The minimum absolute atomic E-state index is 0.151. The van der Waals surface area contributed by atoms with Crippen LogP contribution < -0.4 is 15.4 Å². The summed E-state index contributed by atoms with van der Waals surface area (Å²) in [5.41, 5.74) is 1.59. The number of rotatable bonds is 5. The normalized spacial score (nSPS) is 10.9. The Morgan fingerprint density at radius 1 is 1.00 bits per heavy atom. The third-order valence-corrected chi connectivity index (χ3v) is 3.08. The predicted molar refractivity (Wildman–Crippen MR) is 85.0 cm³/mol. The number of benzene rings is 2. The van der Waals surface area contributed by atoms with Crippen LogP contribution in [0.2, 0.25) is 0 Å². The Morgan fingerprint density at radius 2 is 1.60 bits per heavy atom. The first-order valence-corrected chi connectivity index (χ1v) is 7.23. The lowest BCUT2D eigenvalue weighted by molar-refractivity contribution is -0.274. The Labute approximate surface area is 141 Å². The van der Waals surface area contributed by atoms with Crippen LogP contribution in [0.25, 0.3) is 0 Å². The second-order valence-corrected chi connectivity index (χ2v) is 5.13. The molecule has 0 bridgehead atoms. The summed E-state index contributed by atoms with van der Waals surface area (Å²) in [4.78, 5) is 23.0. The van der Waals surface area contributed by atoms with Gasteiger partial charge >= 0.3 is 6.36 Å². The molecule has 132 valence electrons. The Balaban J connectivity index is 1.90. The van der Waals surface area contributed by atoms with E-state index in [9.17, 15) is 22.8 Å². The second kappa shape index (κ2) is 7.69. The van der Waals surface area contributed by atoms with E-state index in [-0.39, 0.29) is 24.1 Å². The quantitative estimate of drug-likeness (QED) is 0.866. The lowest BCUT2D eigenvalue weighted by atomic mass is 10.1. The van der Waals surface area contributed by atoms with Crippen molar-refractivity contribution in [2.45, 2.75) is 19.8 Å². The average molecular weight is 352 g/mol. The van der Waals surface area contributed by atoms with Crippen molar-refractivity contribution in [3.05, 3.63) is 59.7 Å². The number of carbonyl (C=O) groups is 2. The van der Waals surface area contributed by atoms with E-state index in [1.165, 1.54) is 31.2 Å². The molecule has 0 radical (unpaired) electrons. The Bertz CT molecular complexity index is 741. The molecule has 2 N–H and O–H groups in total. The van der Waals surface area contributed by atoms with E-state index < -0.39 is 6.36 Å². The topological polar surface area (TPSA) is 67.4 Å². The average Bonchev–Trinajstić information content (AvgIpc) is 2.52. The number of hydrogen-bond acceptors (Lipinski definition) is 3. The molecule has 0 unspecified atom stereocenters. The van der Waals surface area contributed by atoms with Crippen molar-refractivity contribution in [1.82, 2.24) is 5.32 Å². The van der Waals surface area contributed by atoms with Crippen LogP contribution in [0.15, 0.2) is 48.5 Å². The molecule has 2 aromatic carbocycles. The summed E-state index contributed by atoms with van der Waals surface area (Å²) in [6, 6.07) is 11.5. The number of halogens is 3. The highest BCUT2D eigenvalue weighted by Gasteiger charge is 2.30. The van der Waals surface area contributed by atoms with E-state index in [0.717, 1.165) is 0 Å². The maximum atomic E-state index is 12.1. The number of amides is 2. The summed E-state index contributed by atoms with van der Waals surface area (Å²) in [6.07, 6.45) is -4.74. The van der Waals surface area contributed by atoms with Crippen molar-refractivity contribution >= 4 is 17.5 Å². The molecule has 25 heavy (non-hydrogen) atoms. The number of ether oxygens (including phenoxy) is 1. The van der Waals surface area contributed by atoms with Crippen LogP contribution in [0.3, 0.4) is 0 Å². The molecule has 0 fully saturated rings. The second-order valence-electron chi connectivity index (χ2n) is 5.13. The van der Waals surface area contributed by atoms with E-state index in [2.05, 4.69) is 15.4 Å². The van der Waals surface area contributed by atoms with Crippen molar-refractivity contribution in [3.8, 4) is 5.75 Å². The van der Waals surface area contributed by atoms with Gasteiger partial charge in [-0.25, -0.2) is 0 Å². The van der Waals surface area contributed by atoms with Crippen LogP contribution in [0, 0.1) is 0 Å². The maximum Gasteiger partial charge on any atom is 0.573 e. The molecular weight excluding hydrogens is 337 g/mol. The summed E-state index contributed by atoms with van der Waals surface area (Å²) in [5, 5.41) is 5.24. The van der Waals surface area contributed by atoms with E-state index in [1.54, 1.807) is 24.3 Å². The zero-order chi connectivity index (χ0) is 18.4. The van der Waals surface area contributed by atoms with Crippen LogP contribution in [0.5, 0.6) is 5.75 Å². The van der Waals surface area contributed by atoms with Gasteiger partial charge in [0.2, 0.25) is 5.91 Å². The number of anilines is 1. The molecule has 0 saturated carbocycles. The molecule has 5 nitrogen and oxygen atoms in total. The smallest absolute Gasteiger partial charge is 0.406 e. The van der Waals surface area contributed by atoms with Gasteiger partial charge in [0.05, 0.1) is 0 Å². The Morgan fingerprint density at radius 3 is 2.12 bits per heavy atom. The molecule has 0 atom stereocenters. The highest BCUT2D eigenvalue weighted by Crippen LogP contribution is 2.22. The molecule has 0 spiro atoms. The number of carbonyl (C=O) groups excluding carboxylic acids is 2. The SMILES string of the molecule is CC(=O)Nc1ccc(C(=O)NCc2ccc(OC(F)(F)F)cc2)cc1. The van der Waals surface area contributed by atoms with E-state index in [0.29, 0.717) is 16.8 Å². The van der Waals surface area contributed by atoms with Gasteiger partial charge in [0.25, 0.3) is 5.91 Å². The fraction of sp³-hybridized carbons (Fsp3) is 0.176. The maximum absolute atomic E-state index is 12.1. The highest BCUT2D eigenvalue weighted by atomic mass is 19.4. The Hall–Kier alpha value is -3.03. The molecule has 2 amide bonds. The van der Waals surface area contributed by atoms with Crippen LogP contribution in [-0.4, -0.2) is 18.2 Å². The molecule has 2 aromatic rings. The summed E-state index contributed by atoms with van der Waals surface area (Å²) in [6.45, 7) is 1.53. The summed E-state index contributed by atoms with van der Waals surface area (Å²) in [7, 11) is 0. The van der Waals surface area contributed by atoms with E-state index >= 15 is 0 Å². The van der Waals surface area contributed by atoms with Crippen molar-refractivity contribution in [1.29, 1.82) is 0 Å². The first-order valence-electron chi connectivity index (χ1n) is 7.23. The molecule has 0 saturated heterocycles. The van der Waals surface area contributed by atoms with Crippen LogP contribution in [0.1, 0.15) is 22.8 Å². The fourth-order valence-electron chi connectivity index (χ4n) is 2.00. The van der Waals surface area contributed by atoms with Crippen LogP contribution in [0.4, 0.5) is 18.9 Å². The zero-order valence-corrected chi connectivity index (χ0v) is 13.2. The lowest BCUT2D eigenvalue weighted by Gasteiger charge is -2.10. The van der Waals surface area contributed by atoms with Gasteiger partial charge in [-0.15, -0.1) is 13.2 Å². The molecule has 2 rings (SSSR count). The van der Waals surface area contributed by atoms with Gasteiger partial charge in [-0.05, 0) is 42.0 Å². The lowest BCUT2D eigenvalue weighted by Crippen LogP contribution is -2.22. The van der Waals surface area contributed by atoms with E-state index in [4.69, 9.17) is 0 Å². The van der Waals surface area contributed by atoms with Crippen molar-refractivity contribution < 1.29 is 27.5 Å². The third-order valence-electron chi connectivity index (χ3n) is 3.08. The standard InChI is InChI=1S/C17H15F3N2O3/c1-11(23)22-14-6-4-13(5-7-14)16(24)21-10-12-2-8-15(9-3-12)25-17(18,19)20/h2-9H,10H2,1H3,(H,21,24)(H,22,23). The minimum atomic E-state index is -4.74.